The number of aryl methyl sites for hydroxylation is 1. The van der Waals surface area contributed by atoms with E-state index in [9.17, 15) is 4.79 Å². The van der Waals surface area contributed by atoms with Crippen LogP contribution in [-0.4, -0.2) is 38.5 Å². The molecule has 7 nitrogen and oxygen atoms in total. The van der Waals surface area contributed by atoms with E-state index < -0.39 is 0 Å². The van der Waals surface area contributed by atoms with E-state index in [2.05, 4.69) is 40.4 Å². The van der Waals surface area contributed by atoms with Crippen LogP contribution in [0.15, 0.2) is 72.1 Å². The number of carbonyl (C=O) groups excluding carboxylic acids is 1. The van der Waals surface area contributed by atoms with E-state index in [-0.39, 0.29) is 11.7 Å². The van der Waals surface area contributed by atoms with Gasteiger partial charge in [0.15, 0.2) is 11.0 Å². The minimum atomic E-state index is -0.152. The van der Waals surface area contributed by atoms with E-state index in [1.54, 1.807) is 25.6 Å². The number of amides is 1. The van der Waals surface area contributed by atoms with E-state index in [0.717, 1.165) is 16.8 Å². The van der Waals surface area contributed by atoms with E-state index in [1.165, 1.54) is 17.3 Å². The molecule has 4 rings (SSSR count). The average Bonchev–Trinajstić information content (AvgIpc) is 3.24. The van der Waals surface area contributed by atoms with Gasteiger partial charge in [-0.2, -0.15) is 0 Å². The van der Waals surface area contributed by atoms with E-state index in [0.29, 0.717) is 22.4 Å². The van der Waals surface area contributed by atoms with Crippen molar-refractivity contribution in [3.05, 3.63) is 78.1 Å². The second-order valence-electron chi connectivity index (χ2n) is 7.13. The molecule has 0 radical (unpaired) electrons. The summed E-state index contributed by atoms with van der Waals surface area (Å²) in [5.41, 5.74) is 4.81. The first-order chi connectivity index (χ1) is 15.6. The van der Waals surface area contributed by atoms with Crippen LogP contribution in [0.4, 0.5) is 5.69 Å². The molecule has 0 saturated carbocycles. The second-order valence-corrected chi connectivity index (χ2v) is 8.08. The number of ether oxygens (including phenoxy) is 1. The highest BCUT2D eigenvalue weighted by atomic mass is 32.2. The minimum absolute atomic E-state index is 0.152. The second kappa shape index (κ2) is 9.65. The number of thioether (sulfide) groups is 1. The molecule has 162 valence electrons. The zero-order valence-electron chi connectivity index (χ0n) is 18.1. The van der Waals surface area contributed by atoms with Crippen molar-refractivity contribution in [1.82, 2.24) is 19.7 Å². The Morgan fingerprint density at radius 2 is 1.81 bits per heavy atom. The smallest absolute Gasteiger partial charge is 0.234 e. The first-order valence-electron chi connectivity index (χ1n) is 10.1. The van der Waals surface area contributed by atoms with Crippen LogP contribution in [0.5, 0.6) is 5.75 Å². The number of pyridine rings is 1. The van der Waals surface area contributed by atoms with Crippen LogP contribution in [-0.2, 0) is 4.79 Å². The minimum Gasteiger partial charge on any atom is -0.495 e. The summed E-state index contributed by atoms with van der Waals surface area (Å²) in [6.45, 7) is 4.15. The van der Waals surface area contributed by atoms with Gasteiger partial charge in [0.05, 0.1) is 24.2 Å². The fourth-order valence-corrected chi connectivity index (χ4v) is 4.06. The molecular weight excluding hydrogens is 422 g/mol. The van der Waals surface area contributed by atoms with Crippen molar-refractivity contribution in [2.24, 2.45) is 0 Å². The number of nitrogens with zero attached hydrogens (tertiary/aromatic N) is 4. The van der Waals surface area contributed by atoms with E-state index in [1.807, 2.05) is 47.0 Å². The molecule has 0 aliphatic heterocycles. The number of carbonyl (C=O) groups is 1. The molecule has 0 fully saturated rings. The summed E-state index contributed by atoms with van der Waals surface area (Å²) in [4.78, 5) is 16.7. The number of rotatable bonds is 7. The highest BCUT2D eigenvalue weighted by Crippen LogP contribution is 2.30. The standard InChI is InChI=1S/C24H23N5O2S/c1-16-7-6-9-20(17(16)2)29-23(18-11-13-25-14-12-18)27-28-24(29)32-15-22(30)26-19-8-4-5-10-21(19)31-3/h4-14H,15H2,1-3H3,(H,26,30). The number of hydrogen-bond acceptors (Lipinski definition) is 6. The molecule has 0 spiro atoms. The largest absolute Gasteiger partial charge is 0.495 e. The summed E-state index contributed by atoms with van der Waals surface area (Å²) in [6, 6.07) is 17.2. The monoisotopic (exact) mass is 445 g/mol. The van der Waals surface area contributed by atoms with Crippen LogP contribution in [0, 0.1) is 13.8 Å². The highest BCUT2D eigenvalue weighted by molar-refractivity contribution is 7.99. The molecule has 0 bridgehead atoms. The van der Waals surface area contributed by atoms with Gasteiger partial charge < -0.3 is 10.1 Å². The summed E-state index contributed by atoms with van der Waals surface area (Å²) in [6.07, 6.45) is 3.45. The third-order valence-electron chi connectivity index (χ3n) is 5.10. The molecule has 0 aliphatic carbocycles. The molecule has 8 heteroatoms. The Balaban J connectivity index is 1.64. The van der Waals surface area contributed by atoms with Gasteiger partial charge in [0, 0.05) is 18.0 Å². The van der Waals surface area contributed by atoms with Crippen molar-refractivity contribution < 1.29 is 9.53 Å². The van der Waals surface area contributed by atoms with Gasteiger partial charge >= 0.3 is 0 Å². The molecule has 2 heterocycles. The van der Waals surface area contributed by atoms with Gasteiger partial charge in [0.1, 0.15) is 5.75 Å². The van der Waals surface area contributed by atoms with Gasteiger partial charge in [-0.3, -0.25) is 14.3 Å². The molecule has 0 aliphatic rings. The maximum absolute atomic E-state index is 12.6. The normalized spacial score (nSPS) is 10.7. The first kappa shape index (κ1) is 21.6. The van der Waals surface area contributed by atoms with E-state index in [4.69, 9.17) is 4.74 Å². The summed E-state index contributed by atoms with van der Waals surface area (Å²) >= 11 is 1.33. The van der Waals surface area contributed by atoms with Crippen LogP contribution in [0.1, 0.15) is 11.1 Å². The Labute approximate surface area is 190 Å². The van der Waals surface area contributed by atoms with E-state index >= 15 is 0 Å². The molecule has 2 aromatic heterocycles. The van der Waals surface area contributed by atoms with Crippen LogP contribution in [0.3, 0.4) is 0 Å². The molecular formula is C24H23N5O2S. The molecule has 0 saturated heterocycles. The Hall–Kier alpha value is -3.65. The Kier molecular flexibility index (Phi) is 6.51. The number of methoxy groups -OCH3 is 1. The van der Waals surface area contributed by atoms with Gasteiger partial charge in [-0.25, -0.2) is 0 Å². The maximum Gasteiger partial charge on any atom is 0.234 e. The summed E-state index contributed by atoms with van der Waals surface area (Å²) in [7, 11) is 1.58. The number of hydrogen-bond donors (Lipinski definition) is 1. The summed E-state index contributed by atoms with van der Waals surface area (Å²) < 4.78 is 7.31. The van der Waals surface area contributed by atoms with Crippen LogP contribution >= 0.6 is 11.8 Å². The fourth-order valence-electron chi connectivity index (χ4n) is 3.31. The van der Waals surface area contributed by atoms with Crippen molar-refractivity contribution >= 4 is 23.4 Å². The van der Waals surface area contributed by atoms with Crippen molar-refractivity contribution in [2.75, 3.05) is 18.2 Å². The van der Waals surface area contributed by atoms with Gasteiger partial charge in [-0.1, -0.05) is 36.0 Å². The molecule has 1 amide bonds. The third-order valence-corrected chi connectivity index (χ3v) is 6.03. The highest BCUT2D eigenvalue weighted by Gasteiger charge is 2.19. The zero-order chi connectivity index (χ0) is 22.5. The van der Waals surface area contributed by atoms with Crippen LogP contribution in [0.25, 0.3) is 17.1 Å². The number of nitrogens with one attached hydrogen (secondary N) is 1. The number of para-hydroxylation sites is 2. The molecule has 32 heavy (non-hydrogen) atoms. The predicted molar refractivity (Wildman–Crippen MR) is 126 cm³/mol. The predicted octanol–water partition coefficient (Wildman–Crippen LogP) is 4.69. The lowest BCUT2D eigenvalue weighted by atomic mass is 10.1. The topological polar surface area (TPSA) is 81.9 Å². The fraction of sp³-hybridized carbons (Fsp3) is 0.167. The van der Waals surface area contributed by atoms with Crippen LogP contribution in [0.2, 0.25) is 0 Å². The molecule has 0 atom stereocenters. The number of benzene rings is 2. The quantitative estimate of drug-likeness (QED) is 0.416. The number of anilines is 1. The van der Waals surface area contributed by atoms with Gasteiger partial charge in [-0.05, 0) is 55.3 Å². The third kappa shape index (κ3) is 4.50. The van der Waals surface area contributed by atoms with Crippen molar-refractivity contribution in [1.29, 1.82) is 0 Å². The maximum atomic E-state index is 12.6. The Morgan fingerprint density at radius 1 is 1.03 bits per heavy atom. The van der Waals surface area contributed by atoms with Gasteiger partial charge in [0.2, 0.25) is 5.91 Å². The summed E-state index contributed by atoms with van der Waals surface area (Å²) in [5, 5.41) is 12.4. The lowest BCUT2D eigenvalue weighted by Gasteiger charge is -2.14. The van der Waals surface area contributed by atoms with Crippen molar-refractivity contribution in [3.63, 3.8) is 0 Å². The molecule has 2 aromatic carbocycles. The first-order valence-corrected chi connectivity index (χ1v) is 11.0. The van der Waals surface area contributed by atoms with Gasteiger partial charge in [0.25, 0.3) is 0 Å². The molecule has 4 aromatic rings. The van der Waals surface area contributed by atoms with Crippen LogP contribution < -0.4 is 10.1 Å². The SMILES string of the molecule is COc1ccccc1NC(=O)CSc1nnc(-c2ccncc2)n1-c1cccc(C)c1C. The summed E-state index contributed by atoms with van der Waals surface area (Å²) in [5.74, 6) is 1.34. The lowest BCUT2D eigenvalue weighted by Crippen LogP contribution is -2.15. The Bertz CT molecular complexity index is 1240. The molecule has 0 unspecified atom stereocenters. The number of aromatic nitrogens is 4. The van der Waals surface area contributed by atoms with Gasteiger partial charge in [-0.15, -0.1) is 10.2 Å². The average molecular weight is 446 g/mol. The zero-order valence-corrected chi connectivity index (χ0v) is 18.9. The lowest BCUT2D eigenvalue weighted by molar-refractivity contribution is -0.113. The molecule has 1 N–H and O–H groups in total. The Morgan fingerprint density at radius 3 is 2.59 bits per heavy atom. The van der Waals surface area contributed by atoms with Crippen molar-refractivity contribution in [2.45, 2.75) is 19.0 Å². The van der Waals surface area contributed by atoms with Crippen molar-refractivity contribution in [3.8, 4) is 22.8 Å².